The fraction of sp³-hybridized carbons (Fsp3) is 0.154. The van der Waals surface area contributed by atoms with Gasteiger partial charge in [0.05, 0.1) is 7.11 Å². The van der Waals surface area contributed by atoms with Crippen LogP contribution in [0.5, 0.6) is 5.75 Å². The van der Waals surface area contributed by atoms with Crippen LogP contribution >= 0.6 is 23.1 Å². The molecule has 0 atom stereocenters. The van der Waals surface area contributed by atoms with E-state index in [0.717, 1.165) is 15.5 Å². The third-order valence-corrected chi connectivity index (χ3v) is 4.79. The molecular weight excluding hydrogens is 282 g/mol. The average molecular weight is 295 g/mol. The maximum atomic E-state index is 10.8. The predicted octanol–water partition coefficient (Wildman–Crippen LogP) is 3.33. The Labute approximate surface area is 119 Å². The van der Waals surface area contributed by atoms with Crippen molar-refractivity contribution in [2.45, 2.75) is 10.6 Å². The highest BCUT2D eigenvalue weighted by Crippen LogP contribution is 2.34. The average Bonchev–Trinajstić information content (AvgIpc) is 2.86. The number of nitrogen functional groups attached to an aromatic ring is 1. The number of hydrogen-bond acceptors (Lipinski definition) is 5. The van der Waals surface area contributed by atoms with Crippen LogP contribution in [0.1, 0.15) is 14.5 Å². The Hall–Kier alpha value is -1.66. The number of benzene rings is 1. The van der Waals surface area contributed by atoms with Crippen molar-refractivity contribution in [2.24, 2.45) is 0 Å². The van der Waals surface area contributed by atoms with Crippen LogP contribution in [-0.4, -0.2) is 18.2 Å². The van der Waals surface area contributed by atoms with E-state index in [9.17, 15) is 4.79 Å². The maximum absolute atomic E-state index is 10.8. The van der Waals surface area contributed by atoms with Crippen molar-refractivity contribution < 1.29 is 14.6 Å². The highest BCUT2D eigenvalue weighted by atomic mass is 32.2. The van der Waals surface area contributed by atoms with Crippen molar-refractivity contribution in [1.82, 2.24) is 0 Å². The third kappa shape index (κ3) is 3.42. The number of hydrogen-bond donors (Lipinski definition) is 2. The molecule has 4 nitrogen and oxygen atoms in total. The Bertz CT molecular complexity index is 595. The molecule has 0 aliphatic heterocycles. The zero-order valence-corrected chi connectivity index (χ0v) is 11.9. The van der Waals surface area contributed by atoms with Crippen molar-refractivity contribution in [2.75, 3.05) is 12.8 Å². The number of aromatic carboxylic acids is 1. The summed E-state index contributed by atoms with van der Waals surface area (Å²) in [5, 5.41) is 8.87. The first-order chi connectivity index (χ1) is 9.10. The lowest BCUT2D eigenvalue weighted by atomic mass is 10.3. The summed E-state index contributed by atoms with van der Waals surface area (Å²) in [7, 11) is 1.60. The monoisotopic (exact) mass is 295 g/mol. The Balaban J connectivity index is 2.07. The Morgan fingerprint density at radius 1 is 1.42 bits per heavy atom. The predicted molar refractivity (Wildman–Crippen MR) is 78.2 cm³/mol. The first-order valence-electron chi connectivity index (χ1n) is 5.48. The van der Waals surface area contributed by atoms with Crippen molar-refractivity contribution in [3.8, 4) is 5.75 Å². The second-order valence-electron chi connectivity index (χ2n) is 3.77. The largest absolute Gasteiger partial charge is 0.496 e. The minimum Gasteiger partial charge on any atom is -0.496 e. The minimum absolute atomic E-state index is 0.361. The molecule has 0 unspecified atom stereocenters. The fourth-order valence-electron chi connectivity index (χ4n) is 1.52. The van der Waals surface area contributed by atoms with Gasteiger partial charge in [0, 0.05) is 27.3 Å². The first kappa shape index (κ1) is 13.8. The molecule has 3 N–H and O–H groups in total. The van der Waals surface area contributed by atoms with Gasteiger partial charge in [-0.2, -0.15) is 0 Å². The lowest BCUT2D eigenvalue weighted by molar-refractivity contribution is 0.0702. The summed E-state index contributed by atoms with van der Waals surface area (Å²) >= 11 is 2.89. The molecule has 0 radical (unpaired) electrons. The molecule has 2 rings (SSSR count). The molecule has 0 aliphatic rings. The Morgan fingerprint density at radius 2 is 2.21 bits per heavy atom. The van der Waals surface area contributed by atoms with E-state index in [-0.39, 0.29) is 0 Å². The van der Waals surface area contributed by atoms with Crippen molar-refractivity contribution in [3.63, 3.8) is 0 Å². The summed E-state index contributed by atoms with van der Waals surface area (Å²) in [5.74, 6) is 0.560. The molecule has 19 heavy (non-hydrogen) atoms. The summed E-state index contributed by atoms with van der Waals surface area (Å²) in [6, 6.07) is 8.97. The quantitative estimate of drug-likeness (QED) is 0.654. The van der Waals surface area contributed by atoms with Crippen LogP contribution in [0.4, 0.5) is 5.69 Å². The maximum Gasteiger partial charge on any atom is 0.345 e. The minimum atomic E-state index is -0.883. The first-order valence-corrected chi connectivity index (χ1v) is 7.28. The van der Waals surface area contributed by atoms with Crippen LogP contribution < -0.4 is 10.5 Å². The van der Waals surface area contributed by atoms with Gasteiger partial charge in [0.25, 0.3) is 0 Å². The van der Waals surface area contributed by atoms with Gasteiger partial charge in [-0.25, -0.2) is 4.79 Å². The van der Waals surface area contributed by atoms with E-state index in [2.05, 4.69) is 0 Å². The Morgan fingerprint density at radius 3 is 2.84 bits per heavy atom. The SMILES string of the molecule is COc1cc(N)ccc1SCc1ccc(C(=O)O)s1. The molecule has 0 fully saturated rings. The van der Waals surface area contributed by atoms with Crippen LogP contribution in [0.15, 0.2) is 35.2 Å². The smallest absolute Gasteiger partial charge is 0.345 e. The number of methoxy groups -OCH3 is 1. The van der Waals surface area contributed by atoms with E-state index in [0.29, 0.717) is 16.3 Å². The molecule has 2 aromatic rings. The zero-order valence-electron chi connectivity index (χ0n) is 10.3. The van der Waals surface area contributed by atoms with E-state index >= 15 is 0 Å². The summed E-state index contributed by atoms with van der Waals surface area (Å²) in [4.78, 5) is 13.2. The molecule has 0 saturated heterocycles. The van der Waals surface area contributed by atoms with E-state index < -0.39 is 5.97 Å². The number of nitrogens with two attached hydrogens (primary N) is 1. The third-order valence-electron chi connectivity index (χ3n) is 2.43. The van der Waals surface area contributed by atoms with Gasteiger partial charge in [-0.15, -0.1) is 23.1 Å². The summed E-state index contributed by atoms with van der Waals surface area (Å²) in [6.45, 7) is 0. The summed E-state index contributed by atoms with van der Waals surface area (Å²) in [6.07, 6.45) is 0. The molecule has 1 heterocycles. The Kier molecular flexibility index (Phi) is 4.34. The molecule has 0 spiro atoms. The highest BCUT2D eigenvalue weighted by molar-refractivity contribution is 7.98. The van der Waals surface area contributed by atoms with Crippen LogP contribution in [0.2, 0.25) is 0 Å². The van der Waals surface area contributed by atoms with Crippen LogP contribution in [0.3, 0.4) is 0 Å². The van der Waals surface area contributed by atoms with Crippen LogP contribution in [0.25, 0.3) is 0 Å². The molecule has 0 amide bonds. The van der Waals surface area contributed by atoms with Crippen molar-refractivity contribution >= 4 is 34.8 Å². The van der Waals surface area contributed by atoms with Crippen LogP contribution in [-0.2, 0) is 5.75 Å². The summed E-state index contributed by atoms with van der Waals surface area (Å²) in [5.41, 5.74) is 6.35. The number of carboxylic acid groups (broad SMARTS) is 1. The van der Waals surface area contributed by atoms with Crippen molar-refractivity contribution in [1.29, 1.82) is 0 Å². The van der Waals surface area contributed by atoms with E-state index in [1.54, 1.807) is 31.0 Å². The van der Waals surface area contributed by atoms with Gasteiger partial charge in [0.1, 0.15) is 10.6 Å². The second kappa shape index (κ2) is 5.99. The summed E-state index contributed by atoms with van der Waals surface area (Å²) < 4.78 is 5.27. The topological polar surface area (TPSA) is 72.5 Å². The number of thioether (sulfide) groups is 1. The molecule has 0 saturated carbocycles. The molecule has 1 aromatic carbocycles. The number of carboxylic acids is 1. The van der Waals surface area contributed by atoms with E-state index in [1.807, 2.05) is 18.2 Å². The molecule has 100 valence electrons. The lowest BCUT2D eigenvalue weighted by Crippen LogP contribution is -1.90. The van der Waals surface area contributed by atoms with Gasteiger partial charge >= 0.3 is 5.97 Å². The van der Waals surface area contributed by atoms with Gasteiger partial charge in [-0.05, 0) is 24.3 Å². The highest BCUT2D eigenvalue weighted by Gasteiger charge is 2.09. The molecular formula is C13H13NO3S2. The van der Waals surface area contributed by atoms with Crippen molar-refractivity contribution in [3.05, 3.63) is 40.1 Å². The zero-order chi connectivity index (χ0) is 13.8. The molecule has 0 bridgehead atoms. The normalized spacial score (nSPS) is 10.4. The molecule has 1 aromatic heterocycles. The van der Waals surface area contributed by atoms with Gasteiger partial charge in [-0.3, -0.25) is 0 Å². The van der Waals surface area contributed by atoms with E-state index in [1.165, 1.54) is 11.3 Å². The van der Waals surface area contributed by atoms with E-state index in [4.69, 9.17) is 15.6 Å². The lowest BCUT2D eigenvalue weighted by Gasteiger charge is -2.08. The standard InChI is InChI=1S/C13H13NO3S2/c1-17-10-6-8(14)2-4-11(10)18-7-9-3-5-12(19-9)13(15)16/h2-6H,7,14H2,1H3,(H,15,16). The second-order valence-corrected chi connectivity index (χ2v) is 5.96. The molecule has 6 heteroatoms. The number of carbonyl (C=O) groups is 1. The molecule has 0 aliphatic carbocycles. The number of thiophene rings is 1. The van der Waals surface area contributed by atoms with Gasteiger partial charge in [0.15, 0.2) is 0 Å². The van der Waals surface area contributed by atoms with Gasteiger partial charge < -0.3 is 15.6 Å². The number of anilines is 1. The number of ether oxygens (including phenoxy) is 1. The van der Waals surface area contributed by atoms with Crippen LogP contribution in [0, 0.1) is 0 Å². The number of rotatable bonds is 5. The van der Waals surface area contributed by atoms with Gasteiger partial charge in [-0.1, -0.05) is 0 Å². The van der Waals surface area contributed by atoms with Gasteiger partial charge in [0.2, 0.25) is 0 Å². The fourth-order valence-corrected chi connectivity index (χ4v) is 3.42.